The molecule has 4 rings (SSSR count). The van der Waals surface area contributed by atoms with Crippen LogP contribution >= 0.6 is 0 Å². The highest BCUT2D eigenvalue weighted by atomic mass is 19.4. The number of amides is 2. The lowest BCUT2D eigenvalue weighted by Crippen LogP contribution is -2.26. The Labute approximate surface area is 236 Å². The molecule has 212 valence electrons. The van der Waals surface area contributed by atoms with Gasteiger partial charge in [-0.25, -0.2) is 4.79 Å². The predicted molar refractivity (Wildman–Crippen MR) is 152 cm³/mol. The van der Waals surface area contributed by atoms with Gasteiger partial charge in [0.1, 0.15) is 6.10 Å². The van der Waals surface area contributed by atoms with E-state index in [9.17, 15) is 22.8 Å². The maximum absolute atomic E-state index is 13.1. The van der Waals surface area contributed by atoms with Crippen molar-refractivity contribution in [2.45, 2.75) is 38.6 Å². The standard InChI is InChI=1S/C32H30F3N3O3/c1-22(23-14-16-25(17-15-23)32(33,34)35)41-31(40)38-21-24-9-4-5-11-27(24)28-12-6-7-13-29(28)30(39)37-20-18-26-10-3-2-8-19-36-26/h2-7,9-17,19,22H,8,18,20-21H2,1H3,(H,37,39)(H,38,40). The summed E-state index contributed by atoms with van der Waals surface area (Å²) in [5.74, 6) is -0.220. The van der Waals surface area contributed by atoms with E-state index in [0.29, 0.717) is 29.7 Å². The molecule has 2 amide bonds. The van der Waals surface area contributed by atoms with Crippen molar-refractivity contribution in [2.75, 3.05) is 6.54 Å². The van der Waals surface area contributed by atoms with Crippen molar-refractivity contribution in [2.24, 2.45) is 4.99 Å². The smallest absolute Gasteiger partial charge is 0.416 e. The number of carbonyl (C=O) groups excluding carboxylic acids is 2. The van der Waals surface area contributed by atoms with Gasteiger partial charge in [0, 0.05) is 43.4 Å². The van der Waals surface area contributed by atoms with Crippen LogP contribution in [0.3, 0.4) is 0 Å². The second-order valence-electron chi connectivity index (χ2n) is 9.36. The lowest BCUT2D eigenvalue weighted by Gasteiger charge is -2.17. The molecule has 2 N–H and O–H groups in total. The lowest BCUT2D eigenvalue weighted by molar-refractivity contribution is -0.137. The molecule has 1 aliphatic heterocycles. The molecule has 0 fully saturated rings. The molecular weight excluding hydrogens is 531 g/mol. The summed E-state index contributed by atoms with van der Waals surface area (Å²) < 4.78 is 43.9. The van der Waals surface area contributed by atoms with Crippen LogP contribution in [0.1, 0.15) is 52.9 Å². The number of carbonyl (C=O) groups is 2. The summed E-state index contributed by atoms with van der Waals surface area (Å²) in [5, 5.41) is 5.67. The molecule has 1 atom stereocenters. The van der Waals surface area contributed by atoms with Gasteiger partial charge in [-0.2, -0.15) is 13.2 Å². The molecule has 0 spiro atoms. The van der Waals surface area contributed by atoms with E-state index in [1.54, 1.807) is 19.1 Å². The van der Waals surface area contributed by atoms with E-state index in [1.807, 2.05) is 60.8 Å². The number of nitrogens with one attached hydrogen (secondary N) is 2. The second kappa shape index (κ2) is 13.6. The Kier molecular flexibility index (Phi) is 9.73. The first-order valence-corrected chi connectivity index (χ1v) is 13.2. The molecule has 0 aromatic heterocycles. The van der Waals surface area contributed by atoms with Crippen molar-refractivity contribution in [1.82, 2.24) is 10.6 Å². The number of ether oxygens (including phenoxy) is 1. The van der Waals surface area contributed by atoms with Crippen molar-refractivity contribution < 1.29 is 27.5 Å². The molecule has 1 heterocycles. The van der Waals surface area contributed by atoms with E-state index >= 15 is 0 Å². The first-order valence-electron chi connectivity index (χ1n) is 13.2. The van der Waals surface area contributed by atoms with Gasteiger partial charge in [-0.3, -0.25) is 9.79 Å². The zero-order valence-corrected chi connectivity index (χ0v) is 22.4. The summed E-state index contributed by atoms with van der Waals surface area (Å²) in [5.41, 5.74) is 3.30. The van der Waals surface area contributed by atoms with Gasteiger partial charge in [0.05, 0.1) is 5.56 Å². The summed E-state index contributed by atoms with van der Waals surface area (Å²) in [6, 6.07) is 19.1. The van der Waals surface area contributed by atoms with Crippen molar-refractivity contribution in [3.63, 3.8) is 0 Å². The number of benzene rings is 3. The zero-order chi connectivity index (χ0) is 29.2. The molecule has 0 bridgehead atoms. The molecular formula is C32H30F3N3O3. The normalized spacial score (nSPS) is 13.6. The first-order chi connectivity index (χ1) is 19.7. The van der Waals surface area contributed by atoms with Crippen LogP contribution in [0.25, 0.3) is 11.1 Å². The van der Waals surface area contributed by atoms with Crippen LogP contribution in [0, 0.1) is 0 Å². The van der Waals surface area contributed by atoms with Gasteiger partial charge in [0.2, 0.25) is 0 Å². The van der Waals surface area contributed by atoms with Gasteiger partial charge in [-0.1, -0.05) is 66.7 Å². The van der Waals surface area contributed by atoms with Crippen molar-refractivity contribution in [1.29, 1.82) is 0 Å². The van der Waals surface area contributed by atoms with Gasteiger partial charge in [0.25, 0.3) is 5.91 Å². The van der Waals surface area contributed by atoms with Crippen LogP contribution in [0.15, 0.2) is 102 Å². The molecule has 0 saturated heterocycles. The highest BCUT2D eigenvalue weighted by molar-refractivity contribution is 6.01. The molecule has 0 aliphatic carbocycles. The number of allylic oxidation sites excluding steroid dienone is 3. The molecule has 3 aromatic rings. The maximum Gasteiger partial charge on any atom is 0.416 e. The van der Waals surface area contributed by atoms with Crippen molar-refractivity contribution in [3.05, 3.63) is 119 Å². The molecule has 41 heavy (non-hydrogen) atoms. The fourth-order valence-electron chi connectivity index (χ4n) is 4.31. The molecule has 9 heteroatoms. The first kappa shape index (κ1) is 29.3. The molecule has 1 aliphatic rings. The molecule has 0 radical (unpaired) electrons. The van der Waals surface area contributed by atoms with Gasteiger partial charge in [0.15, 0.2) is 0 Å². The number of aliphatic imine (C=N–C) groups is 1. The highest BCUT2D eigenvalue weighted by Gasteiger charge is 2.30. The summed E-state index contributed by atoms with van der Waals surface area (Å²) >= 11 is 0. The minimum atomic E-state index is -4.44. The number of hydrogen-bond donors (Lipinski definition) is 2. The predicted octanol–water partition coefficient (Wildman–Crippen LogP) is 7.39. The number of hydrogen-bond acceptors (Lipinski definition) is 4. The van der Waals surface area contributed by atoms with E-state index in [4.69, 9.17) is 4.74 Å². The largest absolute Gasteiger partial charge is 0.442 e. The van der Waals surface area contributed by atoms with Crippen LogP contribution in [-0.2, 0) is 17.5 Å². The molecule has 6 nitrogen and oxygen atoms in total. The molecule has 0 saturated carbocycles. The van der Waals surface area contributed by atoms with Crippen LogP contribution < -0.4 is 10.6 Å². The van der Waals surface area contributed by atoms with E-state index in [-0.39, 0.29) is 12.5 Å². The van der Waals surface area contributed by atoms with E-state index in [0.717, 1.165) is 35.4 Å². The number of rotatable bonds is 9. The minimum absolute atomic E-state index is 0.115. The topological polar surface area (TPSA) is 79.8 Å². The number of alkyl carbamates (subject to hydrolysis) is 1. The van der Waals surface area contributed by atoms with Gasteiger partial charge in [-0.15, -0.1) is 0 Å². The third-order valence-corrected chi connectivity index (χ3v) is 6.48. The summed E-state index contributed by atoms with van der Waals surface area (Å²) in [6.45, 7) is 2.13. The Hall–Kier alpha value is -4.66. The maximum atomic E-state index is 13.1. The van der Waals surface area contributed by atoms with Crippen molar-refractivity contribution in [3.8, 4) is 11.1 Å². The molecule has 1 unspecified atom stereocenters. The van der Waals surface area contributed by atoms with Crippen LogP contribution in [0.4, 0.5) is 18.0 Å². The Morgan fingerprint density at radius 1 is 0.951 bits per heavy atom. The number of nitrogens with zero attached hydrogens (tertiary/aromatic N) is 1. The lowest BCUT2D eigenvalue weighted by atomic mass is 9.95. The van der Waals surface area contributed by atoms with Gasteiger partial charge < -0.3 is 15.4 Å². The van der Waals surface area contributed by atoms with Crippen LogP contribution in [0.2, 0.25) is 0 Å². The highest BCUT2D eigenvalue weighted by Crippen LogP contribution is 2.31. The average Bonchev–Trinajstić information content (AvgIpc) is 3.25. The minimum Gasteiger partial charge on any atom is -0.442 e. The summed E-state index contributed by atoms with van der Waals surface area (Å²) in [6.07, 6.45) is 3.20. The Bertz CT molecular complexity index is 1460. The number of alkyl halides is 3. The third kappa shape index (κ3) is 8.17. The fourth-order valence-corrected chi connectivity index (χ4v) is 4.31. The van der Waals surface area contributed by atoms with Gasteiger partial charge >= 0.3 is 12.3 Å². The SMILES string of the molecule is CC(OC(=O)NCc1ccccc1-c1ccccc1C(=O)NCCC1=CC=CCC=N1)c1ccc(C(F)(F)F)cc1. The Morgan fingerprint density at radius 2 is 1.66 bits per heavy atom. The average molecular weight is 562 g/mol. The van der Waals surface area contributed by atoms with Crippen LogP contribution in [0.5, 0.6) is 0 Å². The van der Waals surface area contributed by atoms with Crippen LogP contribution in [-0.4, -0.2) is 24.8 Å². The van der Waals surface area contributed by atoms with E-state index < -0.39 is 23.9 Å². The Morgan fingerprint density at radius 3 is 2.41 bits per heavy atom. The Balaban J connectivity index is 1.39. The third-order valence-electron chi connectivity index (χ3n) is 6.48. The number of halogens is 3. The van der Waals surface area contributed by atoms with E-state index in [2.05, 4.69) is 15.6 Å². The quantitative estimate of drug-likeness (QED) is 0.286. The molecule has 3 aromatic carbocycles. The summed E-state index contributed by atoms with van der Waals surface area (Å²) in [4.78, 5) is 30.0. The zero-order valence-electron chi connectivity index (χ0n) is 22.4. The van der Waals surface area contributed by atoms with E-state index in [1.165, 1.54) is 12.1 Å². The van der Waals surface area contributed by atoms with Crippen molar-refractivity contribution >= 4 is 18.2 Å². The summed E-state index contributed by atoms with van der Waals surface area (Å²) in [7, 11) is 0. The van der Waals surface area contributed by atoms with Gasteiger partial charge in [-0.05, 0) is 53.5 Å². The fraction of sp³-hybridized carbons (Fsp3) is 0.219. The second-order valence-corrected chi connectivity index (χ2v) is 9.36. The monoisotopic (exact) mass is 561 g/mol.